The molecule has 0 saturated heterocycles. The van der Waals surface area contributed by atoms with Gasteiger partial charge in [0, 0.05) is 36.6 Å². The van der Waals surface area contributed by atoms with Crippen LogP contribution in [0.2, 0.25) is 0 Å². The third-order valence-electron chi connectivity index (χ3n) is 11.5. The highest BCUT2D eigenvalue weighted by Gasteiger charge is 2.37. The Morgan fingerprint density at radius 3 is 1.46 bits per heavy atom. The van der Waals surface area contributed by atoms with Crippen LogP contribution in [-0.2, 0) is 12.8 Å². The zero-order chi connectivity index (χ0) is 36.8. The summed E-state index contributed by atoms with van der Waals surface area (Å²) in [4.78, 5) is 23.5. The Labute approximate surface area is 310 Å². The summed E-state index contributed by atoms with van der Waals surface area (Å²) < 4.78 is 4.29. The molecule has 14 heteroatoms. The molecule has 2 aliphatic rings. The molecular formula is C40H38N14. The van der Waals surface area contributed by atoms with E-state index in [9.17, 15) is 0 Å². The monoisotopic (exact) mass is 714 g/mol. The highest BCUT2D eigenvalue weighted by molar-refractivity contribution is 5.75. The van der Waals surface area contributed by atoms with Crippen molar-refractivity contribution >= 4 is 33.6 Å². The second-order valence-electron chi connectivity index (χ2n) is 15.0. The number of nitriles is 2. The Balaban J connectivity index is 0.000000142. The van der Waals surface area contributed by atoms with Crippen LogP contribution in [0.15, 0.2) is 73.6 Å². The summed E-state index contributed by atoms with van der Waals surface area (Å²) >= 11 is 0. The third-order valence-corrected chi connectivity index (χ3v) is 11.5. The fraction of sp³-hybridized carbons (Fsp3) is 0.350. The average Bonchev–Trinajstić information content (AvgIpc) is 4.05. The van der Waals surface area contributed by atoms with Gasteiger partial charge in [0.2, 0.25) is 0 Å². The van der Waals surface area contributed by atoms with Crippen molar-refractivity contribution in [2.24, 2.45) is 23.7 Å². The largest absolute Gasteiger partial charge is 0.345 e. The van der Waals surface area contributed by atoms with Gasteiger partial charge in [-0.1, -0.05) is 26.0 Å². The van der Waals surface area contributed by atoms with Gasteiger partial charge in [-0.15, -0.1) is 20.4 Å². The first-order chi connectivity index (χ1) is 26.4. The van der Waals surface area contributed by atoms with Crippen LogP contribution in [0.4, 0.5) is 0 Å². The number of rotatable bonds is 6. The number of aromatic amines is 2. The van der Waals surface area contributed by atoms with E-state index in [-0.39, 0.29) is 0 Å². The maximum Gasteiger partial charge on any atom is 0.179 e. The van der Waals surface area contributed by atoms with Crippen LogP contribution in [0.3, 0.4) is 0 Å². The van der Waals surface area contributed by atoms with Crippen molar-refractivity contribution in [1.29, 1.82) is 10.5 Å². The lowest BCUT2D eigenvalue weighted by molar-refractivity contribution is 0.499. The first-order valence-electron chi connectivity index (χ1n) is 18.5. The molecule has 8 aromatic rings. The van der Waals surface area contributed by atoms with Gasteiger partial charge in [-0.05, 0) is 97.6 Å². The van der Waals surface area contributed by atoms with Crippen LogP contribution in [0, 0.1) is 46.3 Å². The Hall–Kier alpha value is -6.54. The van der Waals surface area contributed by atoms with Crippen molar-refractivity contribution in [3.63, 3.8) is 0 Å². The molecule has 0 unspecified atom stereocenters. The molecule has 8 aromatic heterocycles. The molecule has 14 nitrogen and oxygen atoms in total. The predicted molar refractivity (Wildman–Crippen MR) is 200 cm³/mol. The number of fused-ring (bicyclic) bond motifs is 6. The molecule has 0 aromatic carbocycles. The highest BCUT2D eigenvalue weighted by Crippen LogP contribution is 2.45. The highest BCUT2D eigenvalue weighted by atomic mass is 15.3. The summed E-state index contributed by atoms with van der Waals surface area (Å²) in [6, 6.07) is 15.8. The van der Waals surface area contributed by atoms with Crippen molar-refractivity contribution in [3.8, 4) is 12.1 Å². The first kappa shape index (κ1) is 33.3. The molecule has 0 amide bonds. The molecule has 10 rings (SSSR count). The number of nitrogens with zero attached hydrogens (tertiary/aromatic N) is 12. The number of aromatic nitrogens is 12. The van der Waals surface area contributed by atoms with Crippen LogP contribution in [0.1, 0.15) is 85.5 Å². The van der Waals surface area contributed by atoms with Gasteiger partial charge in [-0.2, -0.15) is 10.5 Å². The van der Waals surface area contributed by atoms with Crippen LogP contribution < -0.4 is 0 Å². The quantitative estimate of drug-likeness (QED) is 0.192. The van der Waals surface area contributed by atoms with Crippen molar-refractivity contribution in [3.05, 3.63) is 108 Å². The lowest BCUT2D eigenvalue weighted by atomic mass is 9.97. The van der Waals surface area contributed by atoms with E-state index in [1.807, 2.05) is 49.1 Å². The van der Waals surface area contributed by atoms with E-state index in [0.717, 1.165) is 83.8 Å². The molecule has 2 N–H and O–H groups in total. The maximum absolute atomic E-state index is 8.90. The van der Waals surface area contributed by atoms with Gasteiger partial charge < -0.3 is 9.97 Å². The molecule has 54 heavy (non-hydrogen) atoms. The Morgan fingerprint density at radius 1 is 0.593 bits per heavy atom. The standard InChI is InChI=1S/2C20H19N7/c2*1-12-6-14(7-13-2-3-15(9-21)23-10-13)8-16(12)20-26-25-18-11-24-19-17(27(18)20)4-5-22-19/h2*2-5,10-12,14,16,22H,6-8H2,1H3/t2*12-,14-,16+/m10/s1. The summed E-state index contributed by atoms with van der Waals surface area (Å²) in [5.41, 5.74) is 8.67. The normalized spacial score (nSPS) is 22.4. The van der Waals surface area contributed by atoms with E-state index in [1.165, 1.54) is 11.1 Å². The van der Waals surface area contributed by atoms with Gasteiger partial charge in [-0.3, -0.25) is 8.80 Å². The van der Waals surface area contributed by atoms with Gasteiger partial charge in [0.25, 0.3) is 0 Å². The molecule has 2 aliphatic carbocycles. The van der Waals surface area contributed by atoms with E-state index >= 15 is 0 Å². The zero-order valence-corrected chi connectivity index (χ0v) is 30.0. The Bertz CT molecular complexity index is 2480. The summed E-state index contributed by atoms with van der Waals surface area (Å²) in [6.07, 6.45) is 17.4. The van der Waals surface area contributed by atoms with E-state index in [0.29, 0.717) is 46.9 Å². The van der Waals surface area contributed by atoms with Crippen molar-refractivity contribution < 1.29 is 0 Å². The molecule has 8 heterocycles. The maximum atomic E-state index is 8.90. The number of H-pyrrole nitrogens is 2. The van der Waals surface area contributed by atoms with Crippen LogP contribution in [0.5, 0.6) is 0 Å². The molecular weight excluding hydrogens is 677 g/mol. The minimum Gasteiger partial charge on any atom is -0.345 e. The zero-order valence-electron chi connectivity index (χ0n) is 30.0. The van der Waals surface area contributed by atoms with Crippen LogP contribution in [0.25, 0.3) is 33.6 Å². The van der Waals surface area contributed by atoms with Crippen LogP contribution in [-0.4, -0.2) is 59.1 Å². The molecule has 0 spiro atoms. The van der Waals surface area contributed by atoms with Crippen molar-refractivity contribution in [2.45, 2.75) is 64.2 Å². The summed E-state index contributed by atoms with van der Waals surface area (Å²) in [7, 11) is 0. The van der Waals surface area contributed by atoms with E-state index < -0.39 is 0 Å². The number of pyridine rings is 2. The summed E-state index contributed by atoms with van der Waals surface area (Å²) in [6.45, 7) is 4.61. The fourth-order valence-electron chi connectivity index (χ4n) is 8.97. The van der Waals surface area contributed by atoms with Gasteiger partial charge >= 0.3 is 0 Å². The number of hydrogen-bond acceptors (Lipinski definition) is 10. The van der Waals surface area contributed by atoms with Gasteiger partial charge in [0.05, 0.1) is 23.4 Å². The third kappa shape index (κ3) is 6.09. The van der Waals surface area contributed by atoms with Gasteiger partial charge in [0.1, 0.15) is 35.2 Å². The second kappa shape index (κ2) is 13.8. The molecule has 268 valence electrons. The Kier molecular flexibility index (Phi) is 8.50. The fourth-order valence-corrected chi connectivity index (χ4v) is 8.97. The Morgan fingerprint density at radius 2 is 1.06 bits per heavy atom. The molecule has 6 atom stereocenters. The average molecular weight is 715 g/mol. The smallest absolute Gasteiger partial charge is 0.179 e. The molecule has 2 saturated carbocycles. The molecule has 0 radical (unpaired) electrons. The lowest BCUT2D eigenvalue weighted by Crippen LogP contribution is -2.08. The molecule has 2 fully saturated rings. The first-order valence-corrected chi connectivity index (χ1v) is 18.5. The summed E-state index contributed by atoms with van der Waals surface area (Å²) in [5, 5.41) is 35.6. The second-order valence-corrected chi connectivity index (χ2v) is 15.0. The van der Waals surface area contributed by atoms with E-state index in [4.69, 9.17) is 10.5 Å². The molecule has 0 aliphatic heterocycles. The van der Waals surface area contributed by atoms with Gasteiger partial charge in [0.15, 0.2) is 22.6 Å². The number of nitrogens with one attached hydrogen (secondary N) is 2. The van der Waals surface area contributed by atoms with Crippen LogP contribution >= 0.6 is 0 Å². The molecule has 0 bridgehead atoms. The van der Waals surface area contributed by atoms with Crippen molar-refractivity contribution in [2.75, 3.05) is 0 Å². The van der Waals surface area contributed by atoms with E-state index in [2.05, 4.69) is 85.1 Å². The topological polar surface area (TPSA) is 191 Å². The van der Waals surface area contributed by atoms with E-state index in [1.54, 1.807) is 24.5 Å². The van der Waals surface area contributed by atoms with Gasteiger partial charge in [-0.25, -0.2) is 19.9 Å². The van der Waals surface area contributed by atoms with Crippen molar-refractivity contribution in [1.82, 2.24) is 59.1 Å². The minimum absolute atomic E-state index is 0.372. The summed E-state index contributed by atoms with van der Waals surface area (Å²) in [5.74, 6) is 5.04. The SMILES string of the molecule is C[C@@H]1C[C@H](Cc2ccc(C#N)nc2)C[C@@H]1c1nnc2cnc3[nH]ccc3n12.C[C@H]1C[C@@H](Cc2ccc(C#N)nc2)C[C@H]1c1nnc2cnc3[nH]ccc3n12. The lowest BCUT2D eigenvalue weighted by Gasteiger charge is -2.13. The number of hydrogen-bond donors (Lipinski definition) is 2. The predicted octanol–water partition coefficient (Wildman–Crippen LogP) is 6.49. The minimum atomic E-state index is 0.372.